The summed E-state index contributed by atoms with van der Waals surface area (Å²) in [6, 6.07) is 16.0. The van der Waals surface area contributed by atoms with Gasteiger partial charge in [0.2, 0.25) is 5.75 Å². The summed E-state index contributed by atoms with van der Waals surface area (Å²) < 4.78 is 16.3. The number of hydrogen-bond acceptors (Lipinski definition) is 5. The van der Waals surface area contributed by atoms with Crippen LogP contribution in [0.1, 0.15) is 16.8 Å². The second-order valence-corrected chi connectivity index (χ2v) is 6.41. The summed E-state index contributed by atoms with van der Waals surface area (Å²) in [5.41, 5.74) is 5.73. The molecule has 3 rings (SSSR count). The van der Waals surface area contributed by atoms with E-state index < -0.39 is 0 Å². The molecule has 142 valence electrons. The molecule has 0 aliphatic carbocycles. The molecule has 0 fully saturated rings. The Labute approximate surface area is 165 Å². The number of ether oxygens (including phenoxy) is 3. The van der Waals surface area contributed by atoms with Crippen LogP contribution in [0.2, 0.25) is 0 Å². The highest BCUT2D eigenvalue weighted by molar-refractivity contribution is 5.79. The Hall–Kier alpha value is -3.52. The third-order valence-electron chi connectivity index (χ3n) is 4.64. The number of pyridine rings is 1. The van der Waals surface area contributed by atoms with E-state index in [2.05, 4.69) is 11.1 Å². The highest BCUT2D eigenvalue weighted by atomic mass is 16.5. The topological polar surface area (TPSA) is 64.4 Å². The average Bonchev–Trinajstić information content (AvgIpc) is 2.72. The van der Waals surface area contributed by atoms with Crippen LogP contribution in [0.3, 0.4) is 0 Å². The van der Waals surface area contributed by atoms with E-state index in [1.54, 1.807) is 21.3 Å². The molecule has 5 nitrogen and oxygen atoms in total. The van der Waals surface area contributed by atoms with Crippen molar-refractivity contribution in [2.45, 2.75) is 13.8 Å². The summed E-state index contributed by atoms with van der Waals surface area (Å²) in [6.45, 7) is 3.89. The number of aromatic nitrogens is 1. The van der Waals surface area contributed by atoms with Crippen LogP contribution in [-0.2, 0) is 0 Å². The molecule has 0 N–H and O–H groups in total. The van der Waals surface area contributed by atoms with E-state index in [9.17, 15) is 5.26 Å². The maximum Gasteiger partial charge on any atom is 0.203 e. The molecule has 0 bridgehead atoms. The van der Waals surface area contributed by atoms with Crippen molar-refractivity contribution in [1.82, 2.24) is 4.98 Å². The minimum absolute atomic E-state index is 0.511. The van der Waals surface area contributed by atoms with Gasteiger partial charge in [0.05, 0.1) is 38.3 Å². The Balaban J connectivity index is 2.26. The number of methoxy groups -OCH3 is 3. The molecule has 2 aromatic carbocycles. The van der Waals surface area contributed by atoms with Crippen molar-refractivity contribution in [1.29, 1.82) is 5.26 Å². The van der Waals surface area contributed by atoms with Gasteiger partial charge in [0.25, 0.3) is 0 Å². The normalized spacial score (nSPS) is 10.3. The van der Waals surface area contributed by atoms with E-state index in [-0.39, 0.29) is 0 Å². The number of benzene rings is 2. The van der Waals surface area contributed by atoms with Gasteiger partial charge in [0.15, 0.2) is 11.5 Å². The second kappa shape index (κ2) is 8.01. The molecule has 0 aliphatic heterocycles. The van der Waals surface area contributed by atoms with Gasteiger partial charge in [-0.2, -0.15) is 5.26 Å². The SMILES string of the molecule is COc1cc(-c2cc(-c3ccc(C)cc3)nc(C)c2C#N)cc(OC)c1OC. The summed E-state index contributed by atoms with van der Waals surface area (Å²) in [5, 5.41) is 9.73. The van der Waals surface area contributed by atoms with Gasteiger partial charge >= 0.3 is 0 Å². The number of aryl methyl sites for hydroxylation is 2. The molecule has 0 amide bonds. The maximum absolute atomic E-state index is 9.73. The van der Waals surface area contributed by atoms with Gasteiger partial charge in [-0.05, 0) is 37.6 Å². The van der Waals surface area contributed by atoms with Crippen LogP contribution in [0.5, 0.6) is 17.2 Å². The first-order valence-electron chi connectivity index (χ1n) is 8.81. The van der Waals surface area contributed by atoms with Crippen LogP contribution in [0, 0.1) is 25.2 Å². The first kappa shape index (κ1) is 19.2. The van der Waals surface area contributed by atoms with Crippen LogP contribution in [-0.4, -0.2) is 26.3 Å². The number of nitriles is 1. The van der Waals surface area contributed by atoms with Gasteiger partial charge in [0, 0.05) is 11.1 Å². The predicted molar refractivity (Wildman–Crippen MR) is 109 cm³/mol. The van der Waals surface area contributed by atoms with Gasteiger partial charge in [-0.3, -0.25) is 4.98 Å². The smallest absolute Gasteiger partial charge is 0.203 e. The van der Waals surface area contributed by atoms with E-state index in [4.69, 9.17) is 14.2 Å². The zero-order chi connectivity index (χ0) is 20.3. The number of nitrogens with zero attached hydrogens (tertiary/aromatic N) is 2. The van der Waals surface area contributed by atoms with Crippen molar-refractivity contribution in [3.63, 3.8) is 0 Å². The van der Waals surface area contributed by atoms with Gasteiger partial charge in [-0.1, -0.05) is 29.8 Å². The Morgan fingerprint density at radius 2 is 1.43 bits per heavy atom. The van der Waals surface area contributed by atoms with Crippen molar-refractivity contribution >= 4 is 0 Å². The summed E-state index contributed by atoms with van der Waals surface area (Å²) in [4.78, 5) is 4.64. The van der Waals surface area contributed by atoms with E-state index in [0.29, 0.717) is 28.5 Å². The Morgan fingerprint density at radius 3 is 1.93 bits per heavy atom. The molecular formula is C23H22N2O3. The Kier molecular flexibility index (Phi) is 5.51. The summed E-state index contributed by atoms with van der Waals surface area (Å²) in [5.74, 6) is 1.58. The molecule has 0 aliphatic rings. The standard InChI is InChI=1S/C23H22N2O3/c1-14-6-8-16(9-7-14)20-12-18(19(13-24)15(2)25-20)17-10-21(26-3)23(28-5)22(11-17)27-4/h6-12H,1-5H3. The third-order valence-corrected chi connectivity index (χ3v) is 4.64. The van der Waals surface area contributed by atoms with Crippen molar-refractivity contribution in [2.24, 2.45) is 0 Å². The molecule has 1 heterocycles. The van der Waals surface area contributed by atoms with Crippen LogP contribution >= 0.6 is 0 Å². The van der Waals surface area contributed by atoms with Gasteiger partial charge in [0.1, 0.15) is 6.07 Å². The lowest BCUT2D eigenvalue weighted by Gasteiger charge is -2.16. The van der Waals surface area contributed by atoms with Gasteiger partial charge in [-0.15, -0.1) is 0 Å². The fourth-order valence-corrected chi connectivity index (χ4v) is 3.15. The molecular weight excluding hydrogens is 352 g/mol. The highest BCUT2D eigenvalue weighted by Crippen LogP contribution is 2.42. The summed E-state index contributed by atoms with van der Waals surface area (Å²) >= 11 is 0. The fourth-order valence-electron chi connectivity index (χ4n) is 3.15. The molecule has 0 saturated carbocycles. The van der Waals surface area contributed by atoms with Crippen LogP contribution in [0.4, 0.5) is 0 Å². The maximum atomic E-state index is 9.73. The fraction of sp³-hybridized carbons (Fsp3) is 0.217. The zero-order valence-corrected chi connectivity index (χ0v) is 16.7. The van der Waals surface area contributed by atoms with Gasteiger partial charge in [-0.25, -0.2) is 0 Å². The van der Waals surface area contributed by atoms with Crippen LogP contribution < -0.4 is 14.2 Å². The molecule has 5 heteroatoms. The van der Waals surface area contributed by atoms with Crippen molar-refractivity contribution < 1.29 is 14.2 Å². The van der Waals surface area contributed by atoms with Crippen molar-refractivity contribution in [2.75, 3.05) is 21.3 Å². The van der Waals surface area contributed by atoms with Crippen LogP contribution in [0.25, 0.3) is 22.4 Å². The molecule has 1 aromatic heterocycles. The third kappa shape index (κ3) is 3.49. The molecule has 0 spiro atoms. The van der Waals surface area contributed by atoms with E-state index in [1.165, 1.54) is 5.56 Å². The van der Waals surface area contributed by atoms with Gasteiger partial charge < -0.3 is 14.2 Å². The Bertz CT molecular complexity index is 1030. The minimum Gasteiger partial charge on any atom is -0.493 e. The van der Waals surface area contributed by atoms with Crippen LogP contribution in [0.15, 0.2) is 42.5 Å². The first-order valence-corrected chi connectivity index (χ1v) is 8.81. The molecule has 0 radical (unpaired) electrons. The molecule has 0 saturated heterocycles. The number of hydrogen-bond donors (Lipinski definition) is 0. The second-order valence-electron chi connectivity index (χ2n) is 6.41. The minimum atomic E-state index is 0.511. The number of rotatable bonds is 5. The van der Waals surface area contributed by atoms with E-state index >= 15 is 0 Å². The van der Waals surface area contributed by atoms with E-state index in [1.807, 2.05) is 56.3 Å². The van der Waals surface area contributed by atoms with Crippen molar-refractivity contribution in [3.05, 3.63) is 59.3 Å². The van der Waals surface area contributed by atoms with Crippen molar-refractivity contribution in [3.8, 4) is 45.7 Å². The zero-order valence-electron chi connectivity index (χ0n) is 16.7. The monoisotopic (exact) mass is 374 g/mol. The lowest BCUT2D eigenvalue weighted by Crippen LogP contribution is -1.99. The predicted octanol–water partition coefficient (Wildman–Crippen LogP) is 4.93. The molecule has 28 heavy (non-hydrogen) atoms. The summed E-state index contributed by atoms with van der Waals surface area (Å²) in [6.07, 6.45) is 0. The quantitative estimate of drug-likeness (QED) is 0.633. The first-order chi connectivity index (χ1) is 13.5. The highest BCUT2D eigenvalue weighted by Gasteiger charge is 2.18. The lowest BCUT2D eigenvalue weighted by atomic mass is 9.96. The average molecular weight is 374 g/mol. The molecule has 0 atom stereocenters. The molecule has 0 unspecified atom stereocenters. The Morgan fingerprint density at radius 1 is 0.821 bits per heavy atom. The van der Waals surface area contributed by atoms with E-state index in [0.717, 1.165) is 22.4 Å². The largest absolute Gasteiger partial charge is 0.493 e. The lowest BCUT2D eigenvalue weighted by molar-refractivity contribution is 0.324. The molecule has 3 aromatic rings. The summed E-state index contributed by atoms with van der Waals surface area (Å²) in [7, 11) is 4.70.